The smallest absolute Gasteiger partial charge is 0.149 e. The van der Waals surface area contributed by atoms with Crippen molar-refractivity contribution in [1.29, 1.82) is 0 Å². The molecule has 19 heavy (non-hydrogen) atoms. The lowest BCUT2D eigenvalue weighted by molar-refractivity contribution is 0.214. The summed E-state index contributed by atoms with van der Waals surface area (Å²) in [7, 11) is 0. The van der Waals surface area contributed by atoms with E-state index < -0.39 is 11.9 Å². The van der Waals surface area contributed by atoms with Gasteiger partial charge >= 0.3 is 0 Å². The molecule has 0 saturated carbocycles. The molecular weight excluding hydrogens is 335 g/mol. The van der Waals surface area contributed by atoms with Crippen LogP contribution in [0.15, 0.2) is 29.0 Å². The highest BCUT2D eigenvalue weighted by Gasteiger charge is 2.20. The van der Waals surface area contributed by atoms with Crippen molar-refractivity contribution in [2.75, 3.05) is 0 Å². The first-order chi connectivity index (χ1) is 8.91. The van der Waals surface area contributed by atoms with Crippen LogP contribution < -0.4 is 0 Å². The molecule has 1 atom stereocenters. The molecule has 0 radical (unpaired) electrons. The minimum atomic E-state index is -1.09. The Balaban J connectivity index is 2.38. The van der Waals surface area contributed by atoms with E-state index >= 15 is 0 Å². The summed E-state index contributed by atoms with van der Waals surface area (Å²) in [6, 6.07) is 3.29. The van der Waals surface area contributed by atoms with E-state index in [1.165, 1.54) is 12.3 Å². The number of hydrogen-bond acceptors (Lipinski definition) is 2. The average molecular weight is 348 g/mol. The van der Waals surface area contributed by atoms with Gasteiger partial charge in [0.2, 0.25) is 0 Å². The van der Waals surface area contributed by atoms with Crippen LogP contribution in [0.2, 0.25) is 5.02 Å². The highest BCUT2D eigenvalue weighted by Crippen LogP contribution is 2.32. The van der Waals surface area contributed by atoms with Crippen molar-refractivity contribution in [1.82, 2.24) is 9.78 Å². The van der Waals surface area contributed by atoms with Crippen LogP contribution in [0.5, 0.6) is 0 Å². The van der Waals surface area contributed by atoms with Gasteiger partial charge in [0, 0.05) is 27.8 Å². The van der Waals surface area contributed by atoms with E-state index in [1.807, 2.05) is 13.8 Å². The molecule has 6 heteroatoms. The summed E-state index contributed by atoms with van der Waals surface area (Å²) < 4.78 is 16.2. The predicted molar refractivity (Wildman–Crippen MR) is 75.8 cm³/mol. The fraction of sp³-hybridized carbons (Fsp3) is 0.308. The first-order valence-corrected chi connectivity index (χ1v) is 6.94. The maximum atomic E-state index is 14.0. The second-order valence-electron chi connectivity index (χ2n) is 4.51. The minimum Gasteiger partial charge on any atom is -0.383 e. The van der Waals surface area contributed by atoms with Gasteiger partial charge in [0.15, 0.2) is 0 Å². The van der Waals surface area contributed by atoms with Crippen molar-refractivity contribution >= 4 is 27.5 Å². The van der Waals surface area contributed by atoms with Gasteiger partial charge in [-0.1, -0.05) is 17.7 Å². The molecule has 0 aliphatic heterocycles. The van der Waals surface area contributed by atoms with E-state index in [0.29, 0.717) is 10.0 Å². The summed E-state index contributed by atoms with van der Waals surface area (Å²) in [6.07, 6.45) is 2.14. The average Bonchev–Trinajstić information content (AvgIpc) is 2.85. The van der Waals surface area contributed by atoms with Gasteiger partial charge in [-0.05, 0) is 35.8 Å². The molecule has 1 aromatic carbocycles. The maximum Gasteiger partial charge on any atom is 0.149 e. The van der Waals surface area contributed by atoms with Crippen molar-refractivity contribution in [2.45, 2.75) is 26.0 Å². The van der Waals surface area contributed by atoms with Gasteiger partial charge in [0.05, 0.1) is 11.2 Å². The summed E-state index contributed by atoms with van der Waals surface area (Å²) >= 11 is 8.95. The molecule has 2 aromatic rings. The zero-order valence-electron chi connectivity index (χ0n) is 10.4. The van der Waals surface area contributed by atoms with Gasteiger partial charge in [-0.3, -0.25) is 4.68 Å². The lowest BCUT2D eigenvalue weighted by atomic mass is 10.0. The van der Waals surface area contributed by atoms with E-state index in [4.69, 9.17) is 11.6 Å². The Morgan fingerprint density at radius 3 is 2.68 bits per heavy atom. The molecule has 0 spiro atoms. The second kappa shape index (κ2) is 5.61. The first-order valence-electron chi connectivity index (χ1n) is 5.77. The van der Waals surface area contributed by atoms with E-state index in [0.717, 1.165) is 0 Å². The molecule has 0 saturated heterocycles. The molecule has 2 rings (SSSR count). The molecule has 1 aromatic heterocycles. The first kappa shape index (κ1) is 14.5. The molecule has 0 amide bonds. The van der Waals surface area contributed by atoms with Crippen molar-refractivity contribution in [3.05, 3.63) is 51.0 Å². The zero-order valence-corrected chi connectivity index (χ0v) is 12.8. The maximum absolute atomic E-state index is 14.0. The number of aromatic nitrogens is 2. The Hall–Kier alpha value is -0.910. The molecule has 0 aliphatic rings. The van der Waals surface area contributed by atoms with E-state index in [9.17, 15) is 9.50 Å². The van der Waals surface area contributed by atoms with Crippen LogP contribution in [-0.2, 0) is 0 Å². The number of benzene rings is 1. The molecule has 1 heterocycles. The SMILES string of the molecule is CC(C)n1cc(C(O)c2ccc(Br)c(Cl)c2F)cn1. The summed E-state index contributed by atoms with van der Waals surface area (Å²) in [5.41, 5.74) is 0.669. The van der Waals surface area contributed by atoms with Crippen LogP contribution in [-0.4, -0.2) is 14.9 Å². The minimum absolute atomic E-state index is 0.0344. The molecular formula is C13H13BrClFN2O. The summed E-state index contributed by atoms with van der Waals surface area (Å²) in [6.45, 7) is 3.94. The third-order valence-electron chi connectivity index (χ3n) is 2.83. The van der Waals surface area contributed by atoms with Crippen LogP contribution in [0.25, 0.3) is 0 Å². The Bertz CT molecular complexity index is 600. The molecule has 102 valence electrons. The van der Waals surface area contributed by atoms with Crippen molar-refractivity contribution in [3.8, 4) is 0 Å². The topological polar surface area (TPSA) is 38.0 Å². The molecule has 0 bridgehead atoms. The Morgan fingerprint density at radius 1 is 1.42 bits per heavy atom. The number of hydrogen-bond donors (Lipinski definition) is 1. The summed E-state index contributed by atoms with van der Waals surface area (Å²) in [4.78, 5) is 0. The molecule has 3 nitrogen and oxygen atoms in total. The number of halogens is 3. The van der Waals surface area contributed by atoms with Gasteiger partial charge in [-0.2, -0.15) is 5.10 Å². The monoisotopic (exact) mass is 346 g/mol. The van der Waals surface area contributed by atoms with Gasteiger partial charge < -0.3 is 5.11 Å². The number of aliphatic hydroxyl groups excluding tert-OH is 1. The Labute approximate surface area is 124 Å². The fourth-order valence-corrected chi connectivity index (χ4v) is 2.19. The largest absolute Gasteiger partial charge is 0.383 e. The molecule has 1 N–H and O–H groups in total. The fourth-order valence-electron chi connectivity index (χ4n) is 1.71. The van der Waals surface area contributed by atoms with Crippen molar-refractivity contribution in [2.24, 2.45) is 0 Å². The van der Waals surface area contributed by atoms with Crippen LogP contribution in [0.3, 0.4) is 0 Å². The zero-order chi connectivity index (χ0) is 14.2. The highest BCUT2D eigenvalue weighted by molar-refractivity contribution is 9.10. The predicted octanol–water partition coefficient (Wildman–Crippen LogP) is 4.10. The van der Waals surface area contributed by atoms with Crippen LogP contribution in [0.4, 0.5) is 4.39 Å². The Morgan fingerprint density at radius 2 is 2.11 bits per heavy atom. The lowest BCUT2D eigenvalue weighted by Gasteiger charge is -2.12. The normalized spacial score (nSPS) is 13.0. The third-order valence-corrected chi connectivity index (χ3v) is 4.08. The number of aliphatic hydroxyl groups is 1. The lowest BCUT2D eigenvalue weighted by Crippen LogP contribution is -2.03. The molecule has 0 aliphatic carbocycles. The summed E-state index contributed by atoms with van der Waals surface area (Å²) in [5, 5.41) is 14.3. The van der Waals surface area contributed by atoms with Gasteiger partial charge in [-0.25, -0.2) is 4.39 Å². The van der Waals surface area contributed by atoms with Crippen LogP contribution in [0, 0.1) is 5.82 Å². The Kier molecular flexibility index (Phi) is 4.28. The van der Waals surface area contributed by atoms with E-state index in [1.54, 1.807) is 16.9 Å². The van der Waals surface area contributed by atoms with Crippen molar-refractivity contribution in [3.63, 3.8) is 0 Å². The molecule has 1 unspecified atom stereocenters. The number of rotatable bonds is 3. The quantitative estimate of drug-likeness (QED) is 0.849. The van der Waals surface area contributed by atoms with Crippen molar-refractivity contribution < 1.29 is 9.50 Å². The third kappa shape index (κ3) is 2.83. The standard InChI is InChI=1S/C13H13BrClFN2O/c1-7(2)18-6-8(5-17-18)13(19)9-3-4-10(14)11(15)12(9)16/h3-7,13,19H,1-2H3. The van der Waals surface area contributed by atoms with E-state index in [2.05, 4.69) is 21.0 Å². The van der Waals surface area contributed by atoms with Crippen LogP contribution in [0.1, 0.15) is 37.1 Å². The second-order valence-corrected chi connectivity index (χ2v) is 5.75. The van der Waals surface area contributed by atoms with E-state index in [-0.39, 0.29) is 16.6 Å². The van der Waals surface area contributed by atoms with Crippen LogP contribution >= 0.6 is 27.5 Å². The van der Waals surface area contributed by atoms with Gasteiger partial charge in [0.25, 0.3) is 0 Å². The summed E-state index contributed by atoms with van der Waals surface area (Å²) in [5.74, 6) is -0.624. The van der Waals surface area contributed by atoms with Gasteiger partial charge in [0.1, 0.15) is 11.9 Å². The van der Waals surface area contributed by atoms with Gasteiger partial charge in [-0.15, -0.1) is 0 Å². The molecule has 0 fully saturated rings. The highest BCUT2D eigenvalue weighted by atomic mass is 79.9. The number of nitrogens with zero attached hydrogens (tertiary/aromatic N) is 2.